The van der Waals surface area contributed by atoms with E-state index in [0.29, 0.717) is 11.8 Å². The lowest BCUT2D eigenvalue weighted by Gasteiger charge is -2.31. The molecule has 0 nitrogen and oxygen atoms in total. The summed E-state index contributed by atoms with van der Waals surface area (Å²) < 4.78 is 0. The minimum Gasteiger partial charge on any atom is -0.0845 e. The average Bonchev–Trinajstić information content (AvgIpc) is 3.13. The predicted molar refractivity (Wildman–Crippen MR) is 116 cm³/mol. The number of rotatable bonds is 4. The van der Waals surface area contributed by atoms with Crippen LogP contribution in [0, 0.1) is 5.92 Å². The van der Waals surface area contributed by atoms with Crippen molar-refractivity contribution in [1.82, 2.24) is 0 Å². The Kier molecular flexibility index (Phi) is 5.84. The Labute approximate surface area is 163 Å². The zero-order valence-electron chi connectivity index (χ0n) is 15.9. The molecule has 2 aliphatic carbocycles. The molecule has 136 valence electrons. The van der Waals surface area contributed by atoms with Crippen LogP contribution in [0.4, 0.5) is 0 Å². The maximum Gasteiger partial charge on any atom is 0.0158 e. The Balaban J connectivity index is 1.79. The fourth-order valence-electron chi connectivity index (χ4n) is 4.51. The van der Waals surface area contributed by atoms with Gasteiger partial charge in [0.05, 0.1) is 0 Å². The van der Waals surface area contributed by atoms with Crippen LogP contribution in [0.3, 0.4) is 0 Å². The highest BCUT2D eigenvalue weighted by Gasteiger charge is 2.29. The first-order chi connectivity index (χ1) is 13.4. The average molecular weight is 353 g/mol. The van der Waals surface area contributed by atoms with E-state index in [1.165, 1.54) is 48.0 Å². The molecule has 1 atom stereocenters. The van der Waals surface area contributed by atoms with Gasteiger partial charge < -0.3 is 0 Å². The first-order valence-electron chi connectivity index (χ1n) is 10.3. The molecule has 0 aromatic heterocycles. The third-order valence-electron chi connectivity index (χ3n) is 5.80. The van der Waals surface area contributed by atoms with Crippen LogP contribution < -0.4 is 0 Å². The van der Waals surface area contributed by atoms with Gasteiger partial charge in [-0.05, 0) is 60.3 Å². The second-order valence-corrected chi connectivity index (χ2v) is 7.55. The van der Waals surface area contributed by atoms with Gasteiger partial charge in [0, 0.05) is 5.92 Å². The monoisotopic (exact) mass is 352 g/mol. The van der Waals surface area contributed by atoms with E-state index in [1.54, 1.807) is 0 Å². The Hall–Kier alpha value is -2.60. The lowest BCUT2D eigenvalue weighted by atomic mass is 9.73. The van der Waals surface area contributed by atoms with E-state index in [4.69, 9.17) is 0 Å². The molecule has 4 rings (SSSR count). The summed E-state index contributed by atoms with van der Waals surface area (Å²) in [6.07, 6.45) is 19.9. The molecule has 0 bridgehead atoms. The van der Waals surface area contributed by atoms with Gasteiger partial charge in [-0.3, -0.25) is 0 Å². The van der Waals surface area contributed by atoms with Crippen molar-refractivity contribution in [3.63, 3.8) is 0 Å². The molecule has 0 heteroatoms. The van der Waals surface area contributed by atoms with E-state index < -0.39 is 0 Å². The second kappa shape index (κ2) is 8.86. The summed E-state index contributed by atoms with van der Waals surface area (Å²) in [4.78, 5) is 0. The smallest absolute Gasteiger partial charge is 0.0158 e. The summed E-state index contributed by atoms with van der Waals surface area (Å²) in [5, 5.41) is 0. The molecular formula is C27H28. The summed E-state index contributed by atoms with van der Waals surface area (Å²) in [5.74, 6) is 0.897. The van der Waals surface area contributed by atoms with E-state index in [1.807, 2.05) is 0 Å². The van der Waals surface area contributed by atoms with Gasteiger partial charge in [-0.1, -0.05) is 97.1 Å². The first-order valence-corrected chi connectivity index (χ1v) is 10.3. The van der Waals surface area contributed by atoms with Crippen LogP contribution in [0.2, 0.25) is 0 Å². The van der Waals surface area contributed by atoms with Gasteiger partial charge in [0.1, 0.15) is 0 Å². The molecule has 0 fully saturated rings. The van der Waals surface area contributed by atoms with Crippen molar-refractivity contribution in [3.8, 4) is 0 Å². The summed E-state index contributed by atoms with van der Waals surface area (Å²) in [5.41, 5.74) is 5.91. The highest BCUT2D eigenvalue weighted by atomic mass is 14.3. The Morgan fingerprint density at radius 3 is 2.04 bits per heavy atom. The summed E-state index contributed by atoms with van der Waals surface area (Å²) in [7, 11) is 0. The van der Waals surface area contributed by atoms with Crippen molar-refractivity contribution in [2.24, 2.45) is 5.92 Å². The summed E-state index contributed by atoms with van der Waals surface area (Å²) in [6.45, 7) is 0. The maximum absolute atomic E-state index is 2.39. The minimum absolute atomic E-state index is 0.395. The van der Waals surface area contributed by atoms with Crippen molar-refractivity contribution in [2.75, 3.05) is 0 Å². The van der Waals surface area contributed by atoms with Crippen LogP contribution in [0.5, 0.6) is 0 Å². The third kappa shape index (κ3) is 4.22. The van der Waals surface area contributed by atoms with Crippen LogP contribution in [-0.2, 0) is 0 Å². The lowest BCUT2D eigenvalue weighted by molar-refractivity contribution is 0.507. The van der Waals surface area contributed by atoms with Crippen LogP contribution in [0.25, 0.3) is 0 Å². The molecule has 0 heterocycles. The number of allylic oxidation sites excluding steroid dienone is 8. The van der Waals surface area contributed by atoms with Crippen LogP contribution in [0.1, 0.15) is 49.1 Å². The summed E-state index contributed by atoms with van der Waals surface area (Å²) in [6, 6.07) is 22.2. The molecule has 0 spiro atoms. The first kappa shape index (κ1) is 17.8. The third-order valence-corrected chi connectivity index (χ3v) is 5.80. The lowest BCUT2D eigenvalue weighted by Crippen LogP contribution is -2.18. The minimum atomic E-state index is 0.395. The molecule has 0 radical (unpaired) electrons. The van der Waals surface area contributed by atoms with Gasteiger partial charge in [0.25, 0.3) is 0 Å². The highest BCUT2D eigenvalue weighted by Crippen LogP contribution is 2.43. The molecule has 27 heavy (non-hydrogen) atoms. The Morgan fingerprint density at radius 1 is 0.704 bits per heavy atom. The normalized spacial score (nSPS) is 20.0. The van der Waals surface area contributed by atoms with Crippen molar-refractivity contribution in [1.29, 1.82) is 0 Å². The van der Waals surface area contributed by atoms with E-state index in [2.05, 4.69) is 97.1 Å². The van der Waals surface area contributed by atoms with E-state index in [9.17, 15) is 0 Å². The molecule has 2 aliphatic rings. The van der Waals surface area contributed by atoms with Gasteiger partial charge in [0.15, 0.2) is 0 Å². The van der Waals surface area contributed by atoms with Gasteiger partial charge >= 0.3 is 0 Å². The number of hydrogen-bond acceptors (Lipinski definition) is 0. The van der Waals surface area contributed by atoms with Gasteiger partial charge in [-0.2, -0.15) is 0 Å². The highest BCUT2D eigenvalue weighted by molar-refractivity contribution is 5.45. The molecule has 0 N–H and O–H groups in total. The Morgan fingerprint density at radius 2 is 1.33 bits per heavy atom. The molecule has 0 amide bonds. The Bertz CT molecular complexity index is 810. The van der Waals surface area contributed by atoms with E-state index in [-0.39, 0.29) is 0 Å². The quantitative estimate of drug-likeness (QED) is 0.538. The fraction of sp³-hybridized carbons (Fsp3) is 0.259. The van der Waals surface area contributed by atoms with Crippen molar-refractivity contribution >= 4 is 0 Å². The topological polar surface area (TPSA) is 0 Å². The largest absolute Gasteiger partial charge is 0.0845 e. The number of hydrogen-bond donors (Lipinski definition) is 0. The van der Waals surface area contributed by atoms with Gasteiger partial charge in [-0.25, -0.2) is 0 Å². The zero-order valence-corrected chi connectivity index (χ0v) is 15.9. The molecule has 2 aromatic rings. The van der Waals surface area contributed by atoms with Crippen molar-refractivity contribution in [2.45, 2.75) is 38.0 Å². The SMILES string of the molecule is C1=CCCCC(C2=CC=CCCC2C(c2ccccc2)c2ccccc2)=C1. The van der Waals surface area contributed by atoms with E-state index in [0.717, 1.165) is 6.42 Å². The molecule has 1 unspecified atom stereocenters. The zero-order chi connectivity index (χ0) is 18.3. The van der Waals surface area contributed by atoms with Crippen LogP contribution in [-0.4, -0.2) is 0 Å². The van der Waals surface area contributed by atoms with Gasteiger partial charge in [0.2, 0.25) is 0 Å². The molecular weight excluding hydrogens is 324 g/mol. The van der Waals surface area contributed by atoms with Crippen molar-refractivity contribution < 1.29 is 0 Å². The molecule has 2 aromatic carbocycles. The number of benzene rings is 2. The van der Waals surface area contributed by atoms with Crippen LogP contribution in [0.15, 0.2) is 108 Å². The standard InChI is InChI=1S/C27H28/c1-2-7-15-22(14-6-1)25-20-12-5-13-21-26(25)27(23-16-8-3-9-17-23)24-18-10-4-11-19-24/h1,3-6,8-12,14,16-20,26-27H,2,7,13,15,21H2. The van der Waals surface area contributed by atoms with Crippen molar-refractivity contribution in [3.05, 3.63) is 119 Å². The molecule has 0 aliphatic heterocycles. The predicted octanol–water partition coefficient (Wildman–Crippen LogP) is 7.38. The summed E-state index contributed by atoms with van der Waals surface area (Å²) >= 11 is 0. The fourth-order valence-corrected chi connectivity index (χ4v) is 4.51. The maximum atomic E-state index is 2.39. The molecule has 0 saturated heterocycles. The second-order valence-electron chi connectivity index (χ2n) is 7.55. The van der Waals surface area contributed by atoms with E-state index >= 15 is 0 Å². The molecule has 0 saturated carbocycles. The van der Waals surface area contributed by atoms with Crippen LogP contribution >= 0.6 is 0 Å². The van der Waals surface area contributed by atoms with Gasteiger partial charge in [-0.15, -0.1) is 0 Å².